The highest BCUT2D eigenvalue weighted by atomic mass is 19.4. The molecule has 1 aliphatic carbocycles. The summed E-state index contributed by atoms with van der Waals surface area (Å²) < 4.78 is 50.3. The summed E-state index contributed by atoms with van der Waals surface area (Å²) in [6.07, 6.45) is -3.40. The molecule has 1 saturated carbocycles. The molecule has 1 aliphatic rings. The van der Waals surface area contributed by atoms with Crippen LogP contribution in [0.1, 0.15) is 30.0 Å². The fourth-order valence-electron chi connectivity index (χ4n) is 2.67. The minimum absolute atomic E-state index is 0.112. The molecule has 0 spiro atoms. The molecule has 10 heteroatoms. The predicted molar refractivity (Wildman–Crippen MR) is 93.6 cm³/mol. The zero-order valence-corrected chi connectivity index (χ0v) is 15.2. The highest BCUT2D eigenvalue weighted by molar-refractivity contribution is 5.91. The number of nitrogens with one attached hydrogen (secondary N) is 1. The second-order valence-corrected chi connectivity index (χ2v) is 6.37. The van der Waals surface area contributed by atoms with Crippen molar-refractivity contribution in [3.05, 3.63) is 45.9 Å². The van der Waals surface area contributed by atoms with Gasteiger partial charge in [0.05, 0.1) is 19.9 Å². The van der Waals surface area contributed by atoms with Crippen molar-refractivity contribution in [3.63, 3.8) is 0 Å². The van der Waals surface area contributed by atoms with E-state index in [1.165, 1.54) is 26.4 Å². The molecule has 0 saturated heterocycles. The molecule has 3 rings (SSSR count). The number of carbonyl (C=O) groups excluding carboxylic acids is 1. The van der Waals surface area contributed by atoms with Gasteiger partial charge in [0.25, 0.3) is 5.56 Å². The lowest BCUT2D eigenvalue weighted by Gasteiger charge is -2.13. The Kier molecular flexibility index (Phi) is 5.30. The van der Waals surface area contributed by atoms with Crippen molar-refractivity contribution >= 4 is 11.6 Å². The standard InChI is InChI=1S/C18H18F3N3O4/c1-27-12-5-11(6-13(7-12)28-2)22-16(25)9-24-17(26)14(18(19,20)21)8-15(23-24)10-3-4-10/h5-8,10H,3-4,9H2,1-2H3,(H,22,25). The Morgan fingerprint density at radius 2 is 1.79 bits per heavy atom. The minimum Gasteiger partial charge on any atom is -0.497 e. The van der Waals surface area contributed by atoms with Crippen LogP contribution in [0.3, 0.4) is 0 Å². The van der Waals surface area contributed by atoms with Crippen molar-refractivity contribution in [1.82, 2.24) is 9.78 Å². The van der Waals surface area contributed by atoms with Gasteiger partial charge in [0.15, 0.2) is 0 Å². The van der Waals surface area contributed by atoms with E-state index in [0.717, 1.165) is 6.07 Å². The lowest BCUT2D eigenvalue weighted by Crippen LogP contribution is -2.35. The first-order valence-electron chi connectivity index (χ1n) is 8.43. The van der Waals surface area contributed by atoms with Gasteiger partial charge in [0.1, 0.15) is 23.6 Å². The summed E-state index contributed by atoms with van der Waals surface area (Å²) in [6.45, 7) is -0.651. The fraction of sp³-hybridized carbons (Fsp3) is 0.389. The molecule has 1 fully saturated rings. The number of halogens is 3. The van der Waals surface area contributed by atoms with Gasteiger partial charge in [0.2, 0.25) is 5.91 Å². The quantitative estimate of drug-likeness (QED) is 0.811. The zero-order chi connectivity index (χ0) is 20.5. The molecule has 0 atom stereocenters. The van der Waals surface area contributed by atoms with E-state index in [-0.39, 0.29) is 11.6 Å². The zero-order valence-electron chi connectivity index (χ0n) is 15.2. The van der Waals surface area contributed by atoms with Crippen molar-refractivity contribution in [2.45, 2.75) is 31.5 Å². The molecule has 0 radical (unpaired) electrons. The number of rotatable bonds is 6. The molecule has 1 aromatic heterocycles. The van der Waals surface area contributed by atoms with Crippen LogP contribution >= 0.6 is 0 Å². The van der Waals surface area contributed by atoms with Crippen LogP contribution in [0, 0.1) is 0 Å². The van der Waals surface area contributed by atoms with E-state index < -0.39 is 29.8 Å². The van der Waals surface area contributed by atoms with Gasteiger partial charge in [-0.05, 0) is 18.9 Å². The number of ether oxygens (including phenoxy) is 2. The summed E-state index contributed by atoms with van der Waals surface area (Å²) in [5, 5.41) is 6.46. The number of benzene rings is 1. The Hall–Kier alpha value is -3.04. The highest BCUT2D eigenvalue weighted by Gasteiger charge is 2.37. The number of nitrogens with zero attached hydrogens (tertiary/aromatic N) is 2. The van der Waals surface area contributed by atoms with Crippen molar-refractivity contribution < 1.29 is 27.4 Å². The maximum Gasteiger partial charge on any atom is 0.421 e. The van der Waals surface area contributed by atoms with Crippen molar-refractivity contribution in [2.24, 2.45) is 0 Å². The van der Waals surface area contributed by atoms with Crippen LogP contribution < -0.4 is 20.3 Å². The number of hydrogen-bond donors (Lipinski definition) is 1. The van der Waals surface area contributed by atoms with Crippen molar-refractivity contribution in [2.75, 3.05) is 19.5 Å². The summed E-state index contributed by atoms with van der Waals surface area (Å²) in [5.41, 5.74) is -2.19. The van der Waals surface area contributed by atoms with E-state index in [9.17, 15) is 22.8 Å². The molecule has 1 heterocycles. The summed E-state index contributed by atoms with van der Waals surface area (Å²) in [6, 6.07) is 5.40. The van der Waals surface area contributed by atoms with Crippen LogP contribution in [-0.2, 0) is 17.5 Å². The first kappa shape index (κ1) is 19.7. The third-order valence-electron chi connectivity index (χ3n) is 4.22. The number of anilines is 1. The van der Waals surface area contributed by atoms with Gasteiger partial charge in [0, 0.05) is 29.8 Å². The van der Waals surface area contributed by atoms with E-state index in [1.54, 1.807) is 6.07 Å². The highest BCUT2D eigenvalue weighted by Crippen LogP contribution is 2.40. The Bertz CT molecular complexity index is 930. The molecule has 0 aliphatic heterocycles. The van der Waals surface area contributed by atoms with Gasteiger partial charge < -0.3 is 14.8 Å². The van der Waals surface area contributed by atoms with Gasteiger partial charge in [-0.25, -0.2) is 4.68 Å². The molecule has 28 heavy (non-hydrogen) atoms. The topological polar surface area (TPSA) is 82.5 Å². The Morgan fingerprint density at radius 1 is 1.18 bits per heavy atom. The van der Waals surface area contributed by atoms with Gasteiger partial charge in [-0.15, -0.1) is 0 Å². The number of amides is 1. The molecule has 150 valence electrons. The maximum absolute atomic E-state index is 13.2. The molecular formula is C18H18F3N3O4. The van der Waals surface area contributed by atoms with E-state index >= 15 is 0 Å². The lowest BCUT2D eigenvalue weighted by molar-refractivity contribution is -0.139. The Balaban J connectivity index is 1.86. The summed E-state index contributed by atoms with van der Waals surface area (Å²) in [7, 11) is 2.87. The average molecular weight is 397 g/mol. The number of carbonyl (C=O) groups is 1. The van der Waals surface area contributed by atoms with Crippen molar-refractivity contribution in [3.8, 4) is 11.5 Å². The summed E-state index contributed by atoms with van der Waals surface area (Å²) in [5.74, 6) is 0.0182. The molecule has 1 amide bonds. The van der Waals surface area contributed by atoms with E-state index in [1.807, 2.05) is 0 Å². The van der Waals surface area contributed by atoms with Crippen LogP contribution in [0.25, 0.3) is 0 Å². The Labute approximate surface area is 158 Å². The van der Waals surface area contributed by atoms with Crippen molar-refractivity contribution in [1.29, 1.82) is 0 Å². The number of aromatic nitrogens is 2. The minimum atomic E-state index is -4.82. The number of hydrogen-bond acceptors (Lipinski definition) is 5. The normalized spacial score (nSPS) is 13.9. The molecule has 2 aromatic rings. The van der Waals surface area contributed by atoms with Crippen LogP contribution in [0.2, 0.25) is 0 Å². The van der Waals surface area contributed by atoms with Gasteiger partial charge in [-0.3, -0.25) is 9.59 Å². The molecule has 0 bridgehead atoms. The second-order valence-electron chi connectivity index (χ2n) is 6.37. The second kappa shape index (κ2) is 7.53. The van der Waals surface area contributed by atoms with Gasteiger partial charge in [-0.1, -0.05) is 0 Å². The third-order valence-corrected chi connectivity index (χ3v) is 4.22. The SMILES string of the molecule is COc1cc(NC(=O)Cn2nc(C3CC3)cc(C(F)(F)F)c2=O)cc(OC)c1. The smallest absolute Gasteiger partial charge is 0.421 e. The van der Waals surface area contributed by atoms with Crippen LogP contribution in [0.5, 0.6) is 11.5 Å². The molecular weight excluding hydrogens is 379 g/mol. The monoisotopic (exact) mass is 397 g/mol. The lowest BCUT2D eigenvalue weighted by atomic mass is 10.2. The van der Waals surface area contributed by atoms with Gasteiger partial charge in [-0.2, -0.15) is 18.3 Å². The molecule has 1 N–H and O–H groups in total. The third kappa shape index (κ3) is 4.44. The predicted octanol–water partition coefficient (Wildman–Crippen LogP) is 2.80. The van der Waals surface area contributed by atoms with Crippen LogP contribution in [-0.4, -0.2) is 29.9 Å². The van der Waals surface area contributed by atoms with E-state index in [4.69, 9.17) is 9.47 Å². The largest absolute Gasteiger partial charge is 0.497 e. The maximum atomic E-state index is 13.2. The van der Waals surface area contributed by atoms with E-state index in [0.29, 0.717) is 34.7 Å². The first-order valence-corrected chi connectivity index (χ1v) is 8.43. The first-order chi connectivity index (χ1) is 13.2. The number of methoxy groups -OCH3 is 2. The number of alkyl halides is 3. The average Bonchev–Trinajstić information content (AvgIpc) is 3.47. The fourth-order valence-corrected chi connectivity index (χ4v) is 2.67. The summed E-state index contributed by atoms with van der Waals surface area (Å²) >= 11 is 0. The van der Waals surface area contributed by atoms with Crippen LogP contribution in [0.4, 0.5) is 18.9 Å². The van der Waals surface area contributed by atoms with Gasteiger partial charge >= 0.3 is 6.18 Å². The molecule has 1 aromatic carbocycles. The molecule has 7 nitrogen and oxygen atoms in total. The van der Waals surface area contributed by atoms with Crippen LogP contribution in [0.15, 0.2) is 29.1 Å². The molecule has 0 unspecified atom stereocenters. The Morgan fingerprint density at radius 3 is 2.29 bits per heavy atom. The van der Waals surface area contributed by atoms with E-state index in [2.05, 4.69) is 10.4 Å². The summed E-state index contributed by atoms with van der Waals surface area (Å²) in [4.78, 5) is 24.5.